The predicted molar refractivity (Wildman–Crippen MR) is 111 cm³/mol. The Morgan fingerprint density at radius 3 is 2.45 bits per heavy atom. The Hall–Kier alpha value is -3.04. The van der Waals surface area contributed by atoms with Gasteiger partial charge in [0.2, 0.25) is 15.9 Å². The number of nitrogens with zero attached hydrogens (tertiary/aromatic N) is 3. The first-order chi connectivity index (χ1) is 13.7. The second kappa shape index (κ2) is 8.14. The normalized spacial score (nSPS) is 14.7. The molecule has 9 heteroatoms. The zero-order valence-electron chi connectivity index (χ0n) is 16.4. The zero-order valence-corrected chi connectivity index (χ0v) is 17.2. The van der Waals surface area contributed by atoms with Gasteiger partial charge in [-0.1, -0.05) is 24.3 Å². The maximum Gasteiger partial charge on any atom is 0.271 e. The molecule has 8 nitrogen and oxygen atoms in total. The van der Waals surface area contributed by atoms with Gasteiger partial charge in [-0.2, -0.15) is 5.10 Å². The van der Waals surface area contributed by atoms with Gasteiger partial charge < -0.3 is 5.32 Å². The zero-order chi connectivity index (χ0) is 21.2. The summed E-state index contributed by atoms with van der Waals surface area (Å²) >= 11 is 0. The van der Waals surface area contributed by atoms with E-state index < -0.39 is 15.9 Å². The van der Waals surface area contributed by atoms with Gasteiger partial charge in [-0.05, 0) is 36.8 Å². The molecule has 1 heterocycles. The summed E-state index contributed by atoms with van der Waals surface area (Å²) in [6.07, 6.45) is 0.373. The van der Waals surface area contributed by atoms with Crippen molar-refractivity contribution in [1.29, 1.82) is 0 Å². The first kappa shape index (κ1) is 20.7. The highest BCUT2D eigenvalue weighted by Gasteiger charge is 2.26. The standard InChI is InChI=1S/C20H22N4O4S/c1-14-9-10-16(29(27,28)23(2)3)13-18(14)21-20(26)17-11-12-19(25)24(22-17)15-7-5-4-6-8-15/h4-10,13H,11-12H2,1-3H3,(H,21,26). The molecule has 1 N–H and O–H groups in total. The van der Waals surface area contributed by atoms with Crippen molar-refractivity contribution in [3.63, 3.8) is 0 Å². The van der Waals surface area contributed by atoms with Crippen molar-refractivity contribution in [2.75, 3.05) is 24.4 Å². The molecule has 1 aliphatic heterocycles. The van der Waals surface area contributed by atoms with Crippen LogP contribution in [0.5, 0.6) is 0 Å². The molecule has 0 saturated carbocycles. The first-order valence-corrected chi connectivity index (χ1v) is 10.4. The number of anilines is 2. The number of amides is 2. The summed E-state index contributed by atoms with van der Waals surface area (Å²) in [7, 11) is -0.742. The number of sulfonamides is 1. The van der Waals surface area contributed by atoms with E-state index in [4.69, 9.17) is 0 Å². The average molecular weight is 414 g/mol. The maximum atomic E-state index is 12.8. The van der Waals surface area contributed by atoms with Gasteiger partial charge in [0.05, 0.1) is 10.6 Å². The summed E-state index contributed by atoms with van der Waals surface area (Å²) < 4.78 is 25.8. The largest absolute Gasteiger partial charge is 0.321 e. The van der Waals surface area contributed by atoms with Gasteiger partial charge >= 0.3 is 0 Å². The number of aryl methyl sites for hydroxylation is 1. The minimum Gasteiger partial charge on any atom is -0.321 e. The van der Waals surface area contributed by atoms with Gasteiger partial charge in [-0.25, -0.2) is 17.7 Å². The third kappa shape index (κ3) is 4.36. The summed E-state index contributed by atoms with van der Waals surface area (Å²) in [5, 5.41) is 8.17. The minimum absolute atomic E-state index is 0.0788. The molecule has 29 heavy (non-hydrogen) atoms. The molecule has 2 aromatic carbocycles. The van der Waals surface area contributed by atoms with Crippen LogP contribution in [-0.2, 0) is 19.6 Å². The summed E-state index contributed by atoms with van der Waals surface area (Å²) in [5.74, 6) is -0.663. The van der Waals surface area contributed by atoms with Crippen LogP contribution in [0.1, 0.15) is 18.4 Å². The van der Waals surface area contributed by atoms with Crippen LogP contribution in [0.2, 0.25) is 0 Å². The number of hydrogen-bond acceptors (Lipinski definition) is 5. The lowest BCUT2D eigenvalue weighted by Crippen LogP contribution is -2.36. The second-order valence-corrected chi connectivity index (χ2v) is 8.96. The maximum absolute atomic E-state index is 12.8. The van der Waals surface area contributed by atoms with Gasteiger partial charge in [0.25, 0.3) is 5.91 Å². The third-order valence-electron chi connectivity index (χ3n) is 4.53. The van der Waals surface area contributed by atoms with Crippen LogP contribution >= 0.6 is 0 Å². The molecule has 0 saturated heterocycles. The lowest BCUT2D eigenvalue weighted by Gasteiger charge is -2.23. The average Bonchev–Trinajstić information content (AvgIpc) is 2.70. The van der Waals surface area contributed by atoms with Crippen LogP contribution in [0.3, 0.4) is 0 Å². The molecule has 0 unspecified atom stereocenters. The van der Waals surface area contributed by atoms with Gasteiger partial charge in [-0.15, -0.1) is 0 Å². The Bertz CT molecular complexity index is 1080. The van der Waals surface area contributed by atoms with Crippen molar-refractivity contribution >= 4 is 38.9 Å². The molecule has 2 amide bonds. The van der Waals surface area contributed by atoms with E-state index >= 15 is 0 Å². The number of para-hydroxylation sites is 1. The van der Waals surface area contributed by atoms with Crippen LogP contribution in [0.4, 0.5) is 11.4 Å². The molecule has 0 radical (unpaired) electrons. The highest BCUT2D eigenvalue weighted by molar-refractivity contribution is 7.89. The second-order valence-electron chi connectivity index (χ2n) is 6.81. The van der Waals surface area contributed by atoms with Crippen LogP contribution in [-0.4, -0.2) is 44.3 Å². The summed E-state index contributed by atoms with van der Waals surface area (Å²) in [6.45, 7) is 1.77. The SMILES string of the molecule is Cc1ccc(S(=O)(=O)N(C)C)cc1NC(=O)C1=NN(c2ccccc2)C(=O)CC1. The van der Waals surface area contributed by atoms with Crippen LogP contribution in [0.15, 0.2) is 58.5 Å². The predicted octanol–water partition coefficient (Wildman–Crippen LogP) is 2.37. The van der Waals surface area contributed by atoms with Crippen LogP contribution in [0, 0.1) is 6.92 Å². The molecule has 2 aromatic rings. The molecule has 152 valence electrons. The highest BCUT2D eigenvalue weighted by Crippen LogP contribution is 2.23. The van der Waals surface area contributed by atoms with Gasteiger partial charge in [-0.3, -0.25) is 9.59 Å². The van der Waals surface area contributed by atoms with Crippen molar-refractivity contribution in [2.24, 2.45) is 5.10 Å². The fraction of sp³-hybridized carbons (Fsp3) is 0.250. The van der Waals surface area contributed by atoms with E-state index in [0.717, 1.165) is 4.31 Å². The molecular formula is C20H22N4O4S. The van der Waals surface area contributed by atoms with Crippen molar-refractivity contribution in [3.8, 4) is 0 Å². The van der Waals surface area contributed by atoms with E-state index in [1.165, 1.54) is 31.2 Å². The lowest BCUT2D eigenvalue weighted by atomic mass is 10.1. The van der Waals surface area contributed by atoms with E-state index in [9.17, 15) is 18.0 Å². The van der Waals surface area contributed by atoms with Gasteiger partial charge in [0, 0.05) is 32.6 Å². The number of hydrazone groups is 1. The van der Waals surface area contributed by atoms with Crippen molar-refractivity contribution in [2.45, 2.75) is 24.7 Å². The third-order valence-corrected chi connectivity index (χ3v) is 6.34. The first-order valence-electron chi connectivity index (χ1n) is 9.00. The van der Waals surface area contributed by atoms with Crippen molar-refractivity contribution in [3.05, 3.63) is 54.1 Å². The Kier molecular flexibility index (Phi) is 5.81. The molecule has 3 rings (SSSR count). The van der Waals surface area contributed by atoms with Crippen molar-refractivity contribution in [1.82, 2.24) is 4.31 Å². The van der Waals surface area contributed by atoms with Crippen LogP contribution in [0.25, 0.3) is 0 Å². The monoisotopic (exact) mass is 414 g/mol. The number of hydrogen-bond donors (Lipinski definition) is 1. The quantitative estimate of drug-likeness (QED) is 0.812. The van der Waals surface area contributed by atoms with E-state index in [1.54, 1.807) is 37.3 Å². The number of carbonyl (C=O) groups is 2. The van der Waals surface area contributed by atoms with Gasteiger partial charge in [0.1, 0.15) is 5.71 Å². The number of carbonyl (C=O) groups excluding carboxylic acids is 2. The Morgan fingerprint density at radius 2 is 1.79 bits per heavy atom. The number of rotatable bonds is 5. The molecule has 0 bridgehead atoms. The lowest BCUT2D eigenvalue weighted by molar-refractivity contribution is -0.118. The Labute approximate surface area is 169 Å². The highest BCUT2D eigenvalue weighted by atomic mass is 32.2. The van der Waals surface area contributed by atoms with E-state index in [2.05, 4.69) is 10.4 Å². The van der Waals surface area contributed by atoms with Gasteiger partial charge in [0.15, 0.2) is 0 Å². The Balaban J connectivity index is 1.88. The summed E-state index contributed by atoms with van der Waals surface area (Å²) in [6, 6.07) is 13.4. The number of benzene rings is 2. The molecule has 1 aliphatic rings. The fourth-order valence-electron chi connectivity index (χ4n) is 2.79. The smallest absolute Gasteiger partial charge is 0.271 e. The van der Waals surface area contributed by atoms with E-state index in [-0.39, 0.29) is 29.4 Å². The topological polar surface area (TPSA) is 99.2 Å². The number of nitrogens with one attached hydrogen (secondary N) is 1. The molecule has 0 fully saturated rings. The fourth-order valence-corrected chi connectivity index (χ4v) is 3.72. The van der Waals surface area contributed by atoms with Crippen LogP contribution < -0.4 is 10.3 Å². The molecule has 0 spiro atoms. The minimum atomic E-state index is -3.63. The molecule has 0 atom stereocenters. The molecule has 0 aliphatic carbocycles. The summed E-state index contributed by atoms with van der Waals surface area (Å²) in [4.78, 5) is 25.0. The Morgan fingerprint density at radius 1 is 1.10 bits per heavy atom. The molecule has 0 aromatic heterocycles. The van der Waals surface area contributed by atoms with Crippen molar-refractivity contribution < 1.29 is 18.0 Å². The van der Waals surface area contributed by atoms with E-state index in [0.29, 0.717) is 16.9 Å². The molecular weight excluding hydrogens is 392 g/mol. The van der Waals surface area contributed by atoms with E-state index in [1.807, 2.05) is 6.07 Å². The summed E-state index contributed by atoms with van der Waals surface area (Å²) in [5.41, 5.74) is 1.87.